The van der Waals surface area contributed by atoms with Gasteiger partial charge in [-0.15, -0.1) is 0 Å². The molecule has 3 rings (SSSR count). The minimum Gasteiger partial charge on any atom is -0.459 e. The van der Waals surface area contributed by atoms with E-state index in [1.807, 2.05) is 32.0 Å². The molecule has 0 aliphatic carbocycles. The lowest BCUT2D eigenvalue weighted by Crippen LogP contribution is -2.43. The molecule has 4 heteroatoms. The highest BCUT2D eigenvalue weighted by molar-refractivity contribution is 5.81. The molecule has 3 atom stereocenters. The Kier molecular flexibility index (Phi) is 4.79. The lowest BCUT2D eigenvalue weighted by molar-refractivity contribution is -0.171. The standard InChI is InChI=1S/C20H27NO3/c1-14(2)20(23,16-7-5-4-6-8-16)19(22)24-13-15-9-10-17-11-12-18(15)21(17)3/h4-9,14,17-18,23H,10-13H2,1-3H3. The summed E-state index contributed by atoms with van der Waals surface area (Å²) >= 11 is 0. The average molecular weight is 329 g/mol. The highest BCUT2D eigenvalue weighted by atomic mass is 16.5. The number of carbonyl (C=O) groups excluding carboxylic acids is 1. The van der Waals surface area contributed by atoms with Crippen LogP contribution in [0.3, 0.4) is 0 Å². The number of hydrogen-bond acceptors (Lipinski definition) is 4. The van der Waals surface area contributed by atoms with Crippen molar-refractivity contribution in [1.82, 2.24) is 4.90 Å². The monoisotopic (exact) mass is 329 g/mol. The first kappa shape index (κ1) is 17.2. The molecular weight excluding hydrogens is 302 g/mol. The largest absolute Gasteiger partial charge is 0.459 e. The molecule has 0 radical (unpaired) electrons. The second kappa shape index (κ2) is 6.69. The Morgan fingerprint density at radius 3 is 2.71 bits per heavy atom. The van der Waals surface area contributed by atoms with Crippen molar-refractivity contribution >= 4 is 5.97 Å². The Labute approximate surface area is 144 Å². The van der Waals surface area contributed by atoms with Crippen LogP contribution >= 0.6 is 0 Å². The van der Waals surface area contributed by atoms with E-state index in [-0.39, 0.29) is 12.5 Å². The Balaban J connectivity index is 1.72. The van der Waals surface area contributed by atoms with Crippen LogP contribution in [0.2, 0.25) is 0 Å². The summed E-state index contributed by atoms with van der Waals surface area (Å²) in [7, 11) is 2.14. The molecule has 2 bridgehead atoms. The van der Waals surface area contributed by atoms with E-state index in [4.69, 9.17) is 4.74 Å². The highest BCUT2D eigenvalue weighted by Crippen LogP contribution is 2.35. The fourth-order valence-corrected chi connectivity index (χ4v) is 3.96. The average Bonchev–Trinajstić information content (AvgIpc) is 2.82. The molecule has 0 saturated carbocycles. The van der Waals surface area contributed by atoms with Gasteiger partial charge in [-0.2, -0.15) is 0 Å². The highest BCUT2D eigenvalue weighted by Gasteiger charge is 2.43. The van der Waals surface area contributed by atoms with Crippen LogP contribution in [0.1, 0.15) is 38.7 Å². The Morgan fingerprint density at radius 1 is 1.33 bits per heavy atom. The number of nitrogens with zero attached hydrogens (tertiary/aromatic N) is 1. The zero-order valence-corrected chi connectivity index (χ0v) is 14.7. The lowest BCUT2D eigenvalue weighted by atomic mass is 9.83. The van der Waals surface area contributed by atoms with Crippen LogP contribution in [0.25, 0.3) is 0 Å². The molecule has 1 saturated heterocycles. The summed E-state index contributed by atoms with van der Waals surface area (Å²) in [5.41, 5.74) is 0.139. The van der Waals surface area contributed by atoms with Crippen LogP contribution in [0.4, 0.5) is 0 Å². The summed E-state index contributed by atoms with van der Waals surface area (Å²) in [5.74, 6) is -0.835. The molecule has 4 nitrogen and oxygen atoms in total. The van der Waals surface area contributed by atoms with E-state index in [2.05, 4.69) is 18.0 Å². The van der Waals surface area contributed by atoms with E-state index in [0.717, 1.165) is 12.8 Å². The molecule has 1 aromatic carbocycles. The number of carbonyl (C=O) groups is 1. The summed E-state index contributed by atoms with van der Waals surface area (Å²) in [5, 5.41) is 11.0. The molecule has 3 unspecified atom stereocenters. The number of fused-ring (bicyclic) bond motifs is 2. The quantitative estimate of drug-likeness (QED) is 0.667. The Hall–Kier alpha value is -1.65. The van der Waals surface area contributed by atoms with Crippen molar-refractivity contribution < 1.29 is 14.6 Å². The first-order valence-electron chi connectivity index (χ1n) is 8.80. The lowest BCUT2D eigenvalue weighted by Gasteiger charge is -2.33. The van der Waals surface area contributed by atoms with Crippen molar-refractivity contribution in [1.29, 1.82) is 0 Å². The second-order valence-corrected chi connectivity index (χ2v) is 7.29. The van der Waals surface area contributed by atoms with Crippen molar-refractivity contribution in [2.75, 3.05) is 13.7 Å². The van der Waals surface area contributed by atoms with Crippen LogP contribution in [0, 0.1) is 5.92 Å². The number of likely N-dealkylation sites (N-methyl/N-ethyl adjacent to an activating group) is 1. The third-order valence-electron chi connectivity index (χ3n) is 5.65. The first-order chi connectivity index (χ1) is 11.4. The normalized spacial score (nSPS) is 26.1. The van der Waals surface area contributed by atoms with Crippen LogP contribution in [0.15, 0.2) is 42.0 Å². The predicted octanol–water partition coefficient (Wildman–Crippen LogP) is 2.87. The Morgan fingerprint density at radius 2 is 2.04 bits per heavy atom. The molecule has 1 aromatic rings. The molecule has 130 valence electrons. The van der Waals surface area contributed by atoms with Gasteiger partial charge >= 0.3 is 5.97 Å². The number of ether oxygens (including phenoxy) is 1. The van der Waals surface area contributed by atoms with Gasteiger partial charge in [-0.05, 0) is 43.4 Å². The number of benzene rings is 1. The predicted molar refractivity (Wildman–Crippen MR) is 93.4 cm³/mol. The maximum absolute atomic E-state index is 12.7. The van der Waals surface area contributed by atoms with Gasteiger partial charge in [0.1, 0.15) is 6.61 Å². The zero-order valence-electron chi connectivity index (χ0n) is 14.7. The van der Waals surface area contributed by atoms with E-state index >= 15 is 0 Å². The van der Waals surface area contributed by atoms with Crippen LogP contribution in [-0.4, -0.2) is 41.7 Å². The van der Waals surface area contributed by atoms with Crippen LogP contribution < -0.4 is 0 Å². The molecule has 0 spiro atoms. The van der Waals surface area contributed by atoms with E-state index in [0.29, 0.717) is 17.6 Å². The molecule has 0 amide bonds. The molecular formula is C20H27NO3. The first-order valence-corrected chi connectivity index (χ1v) is 8.80. The third-order valence-corrected chi connectivity index (χ3v) is 5.65. The topological polar surface area (TPSA) is 49.8 Å². The van der Waals surface area contributed by atoms with E-state index in [1.54, 1.807) is 12.1 Å². The van der Waals surface area contributed by atoms with Gasteiger partial charge in [0.05, 0.1) is 0 Å². The van der Waals surface area contributed by atoms with Crippen molar-refractivity contribution in [3.63, 3.8) is 0 Å². The Bertz CT molecular complexity index is 625. The number of rotatable bonds is 5. The molecule has 0 aromatic heterocycles. The molecule has 2 aliphatic rings. The summed E-state index contributed by atoms with van der Waals surface area (Å²) < 4.78 is 5.58. The smallest absolute Gasteiger partial charge is 0.343 e. The summed E-state index contributed by atoms with van der Waals surface area (Å²) in [6.07, 6.45) is 5.56. The van der Waals surface area contributed by atoms with Gasteiger partial charge in [0.2, 0.25) is 0 Å². The van der Waals surface area contributed by atoms with Crippen molar-refractivity contribution in [3.8, 4) is 0 Å². The van der Waals surface area contributed by atoms with Gasteiger partial charge in [-0.1, -0.05) is 50.3 Å². The second-order valence-electron chi connectivity index (χ2n) is 7.29. The molecule has 24 heavy (non-hydrogen) atoms. The fraction of sp³-hybridized carbons (Fsp3) is 0.550. The summed E-state index contributed by atoms with van der Waals surface area (Å²) in [4.78, 5) is 15.1. The summed E-state index contributed by atoms with van der Waals surface area (Å²) in [6, 6.07) is 10.1. The molecule has 1 fully saturated rings. The van der Waals surface area contributed by atoms with Gasteiger partial charge in [-0.3, -0.25) is 4.90 Å². The molecule has 2 aliphatic heterocycles. The SMILES string of the molecule is CC(C)C(O)(C(=O)OCC1=CCC2CCC1N2C)c1ccccc1. The van der Waals surface area contributed by atoms with Gasteiger partial charge in [0, 0.05) is 12.1 Å². The van der Waals surface area contributed by atoms with Gasteiger partial charge in [0.15, 0.2) is 5.60 Å². The maximum atomic E-state index is 12.7. The minimum absolute atomic E-state index is 0.266. The fourth-order valence-electron chi connectivity index (χ4n) is 3.96. The number of esters is 1. The number of hydrogen-bond donors (Lipinski definition) is 1. The maximum Gasteiger partial charge on any atom is 0.343 e. The third kappa shape index (κ3) is 2.89. The van der Waals surface area contributed by atoms with E-state index < -0.39 is 11.6 Å². The van der Waals surface area contributed by atoms with Crippen molar-refractivity contribution in [2.24, 2.45) is 5.92 Å². The van der Waals surface area contributed by atoms with Gasteiger partial charge < -0.3 is 9.84 Å². The van der Waals surface area contributed by atoms with Crippen LogP contribution in [0.5, 0.6) is 0 Å². The van der Waals surface area contributed by atoms with Crippen molar-refractivity contribution in [2.45, 2.75) is 50.8 Å². The number of aliphatic hydroxyl groups is 1. The molecule has 2 heterocycles. The van der Waals surface area contributed by atoms with Gasteiger partial charge in [0.25, 0.3) is 0 Å². The van der Waals surface area contributed by atoms with E-state index in [9.17, 15) is 9.90 Å². The van der Waals surface area contributed by atoms with Crippen molar-refractivity contribution in [3.05, 3.63) is 47.5 Å². The zero-order chi connectivity index (χ0) is 17.3. The van der Waals surface area contributed by atoms with Gasteiger partial charge in [-0.25, -0.2) is 4.79 Å². The van der Waals surface area contributed by atoms with E-state index in [1.165, 1.54) is 12.0 Å². The summed E-state index contributed by atoms with van der Waals surface area (Å²) in [6.45, 7) is 3.94. The van der Waals surface area contributed by atoms with Crippen LogP contribution in [-0.2, 0) is 15.1 Å². The minimum atomic E-state index is -1.61. The molecule has 1 N–H and O–H groups in total.